The second-order valence-corrected chi connectivity index (χ2v) is 19.8. The zero-order valence-electron chi connectivity index (χ0n) is 36.1. The molecule has 2 aliphatic carbocycles. The highest BCUT2D eigenvalue weighted by molar-refractivity contribution is 7.00. The molecule has 4 aliphatic rings. The lowest BCUT2D eigenvalue weighted by Gasteiger charge is -2.45. The molecular formula is C58H49BN2. The molecule has 0 aromatic heterocycles. The first-order valence-corrected chi connectivity index (χ1v) is 22.0. The maximum absolute atomic E-state index is 2.58. The van der Waals surface area contributed by atoms with Crippen LogP contribution in [0.4, 0.5) is 34.1 Å². The largest absolute Gasteiger partial charge is 0.311 e. The molecule has 3 heteroatoms. The quantitative estimate of drug-likeness (QED) is 0.161. The van der Waals surface area contributed by atoms with E-state index in [1.807, 2.05) is 0 Å². The molecule has 0 N–H and O–H groups in total. The average molecular weight is 785 g/mol. The second kappa shape index (κ2) is 12.5. The van der Waals surface area contributed by atoms with Gasteiger partial charge in [0.15, 0.2) is 0 Å². The summed E-state index contributed by atoms with van der Waals surface area (Å²) in [4.78, 5) is 5.15. The highest BCUT2D eigenvalue weighted by atomic mass is 15.2. The minimum Gasteiger partial charge on any atom is -0.311 e. The molecule has 0 unspecified atom stereocenters. The van der Waals surface area contributed by atoms with E-state index in [1.54, 1.807) is 0 Å². The minimum atomic E-state index is -0.372. The van der Waals surface area contributed by atoms with E-state index in [-0.39, 0.29) is 23.0 Å². The lowest BCUT2D eigenvalue weighted by molar-refractivity contribution is 0.590. The van der Waals surface area contributed by atoms with E-state index >= 15 is 0 Å². The molecule has 2 nitrogen and oxygen atoms in total. The summed E-state index contributed by atoms with van der Waals surface area (Å²) < 4.78 is 0. The monoisotopic (exact) mass is 784 g/mol. The zero-order chi connectivity index (χ0) is 41.6. The molecule has 8 aromatic rings. The summed E-state index contributed by atoms with van der Waals surface area (Å²) >= 11 is 0. The van der Waals surface area contributed by atoms with Crippen molar-refractivity contribution in [2.24, 2.45) is 0 Å². The van der Waals surface area contributed by atoms with Gasteiger partial charge < -0.3 is 9.80 Å². The van der Waals surface area contributed by atoms with Gasteiger partial charge in [0.1, 0.15) is 0 Å². The molecule has 2 heterocycles. The summed E-state index contributed by atoms with van der Waals surface area (Å²) in [5.74, 6) is 0. The van der Waals surface area contributed by atoms with E-state index in [9.17, 15) is 0 Å². The number of aryl methyl sites for hydroxylation is 1. The molecule has 0 radical (unpaired) electrons. The Labute approximate surface area is 361 Å². The van der Waals surface area contributed by atoms with Crippen LogP contribution in [0.15, 0.2) is 170 Å². The fraction of sp³-hybridized carbons (Fsp3) is 0.172. The van der Waals surface area contributed by atoms with Gasteiger partial charge in [-0.15, -0.1) is 0 Å². The Bertz CT molecular complexity index is 3110. The molecule has 2 aliphatic heterocycles. The van der Waals surface area contributed by atoms with Crippen molar-refractivity contribution in [2.75, 3.05) is 9.80 Å². The highest BCUT2D eigenvalue weighted by Crippen LogP contribution is 2.63. The number of para-hydroxylation sites is 1. The van der Waals surface area contributed by atoms with Gasteiger partial charge in [-0.05, 0) is 144 Å². The van der Waals surface area contributed by atoms with Crippen molar-refractivity contribution in [3.8, 4) is 22.3 Å². The van der Waals surface area contributed by atoms with Gasteiger partial charge in [0.25, 0.3) is 6.71 Å². The summed E-state index contributed by atoms with van der Waals surface area (Å²) in [6.45, 7) is 16.3. The van der Waals surface area contributed by atoms with Crippen molar-refractivity contribution >= 4 is 57.2 Å². The molecule has 0 atom stereocenters. The van der Waals surface area contributed by atoms with E-state index < -0.39 is 0 Å². The predicted octanol–water partition coefficient (Wildman–Crippen LogP) is 13.0. The summed E-state index contributed by atoms with van der Waals surface area (Å²) in [6, 6.07) is 65.2. The van der Waals surface area contributed by atoms with Crippen molar-refractivity contribution in [1.82, 2.24) is 0 Å². The van der Waals surface area contributed by atoms with Gasteiger partial charge in [0, 0.05) is 34.1 Å². The van der Waals surface area contributed by atoms with Gasteiger partial charge in [-0.2, -0.15) is 0 Å². The molecule has 61 heavy (non-hydrogen) atoms. The Hall–Kier alpha value is -6.58. The van der Waals surface area contributed by atoms with E-state index in [2.05, 4.69) is 228 Å². The third kappa shape index (κ3) is 4.92. The maximum atomic E-state index is 2.58. The predicted molar refractivity (Wildman–Crippen MR) is 259 cm³/mol. The number of rotatable bonds is 2. The number of anilines is 6. The van der Waals surface area contributed by atoms with E-state index in [0.29, 0.717) is 0 Å². The van der Waals surface area contributed by atoms with Crippen molar-refractivity contribution < 1.29 is 0 Å². The van der Waals surface area contributed by atoms with Crippen LogP contribution < -0.4 is 26.2 Å². The smallest absolute Gasteiger partial charge is 0.252 e. The van der Waals surface area contributed by atoms with Crippen molar-refractivity contribution in [2.45, 2.75) is 64.7 Å². The van der Waals surface area contributed by atoms with Crippen LogP contribution in [-0.2, 0) is 16.2 Å². The van der Waals surface area contributed by atoms with Crippen LogP contribution in [0.25, 0.3) is 22.3 Å². The van der Waals surface area contributed by atoms with E-state index in [1.165, 1.54) is 112 Å². The zero-order valence-corrected chi connectivity index (χ0v) is 36.1. The van der Waals surface area contributed by atoms with Gasteiger partial charge in [-0.25, -0.2) is 0 Å². The van der Waals surface area contributed by atoms with Crippen LogP contribution in [0.2, 0.25) is 0 Å². The first-order valence-electron chi connectivity index (χ1n) is 22.0. The van der Waals surface area contributed by atoms with E-state index in [4.69, 9.17) is 0 Å². The summed E-state index contributed by atoms with van der Waals surface area (Å²) in [7, 11) is 0. The van der Waals surface area contributed by atoms with Crippen LogP contribution in [0.5, 0.6) is 0 Å². The molecule has 0 bridgehead atoms. The average Bonchev–Trinajstić information content (AvgIpc) is 3.72. The van der Waals surface area contributed by atoms with Crippen molar-refractivity contribution in [3.63, 3.8) is 0 Å². The molecule has 12 rings (SSSR count). The number of hydrogen-bond donors (Lipinski definition) is 0. The van der Waals surface area contributed by atoms with Gasteiger partial charge in [-0.3, -0.25) is 0 Å². The lowest BCUT2D eigenvalue weighted by Crippen LogP contribution is -2.61. The molecular weight excluding hydrogens is 735 g/mol. The number of hydrogen-bond acceptors (Lipinski definition) is 2. The summed E-state index contributed by atoms with van der Waals surface area (Å²) in [5.41, 5.74) is 25.8. The van der Waals surface area contributed by atoms with Gasteiger partial charge in [0.05, 0.1) is 5.41 Å². The normalized spacial score (nSPS) is 14.8. The molecule has 0 saturated carbocycles. The Morgan fingerprint density at radius 3 is 1.54 bits per heavy atom. The third-order valence-corrected chi connectivity index (χ3v) is 14.2. The summed E-state index contributed by atoms with van der Waals surface area (Å²) in [6.07, 6.45) is 0. The first kappa shape index (κ1) is 36.3. The van der Waals surface area contributed by atoms with Crippen LogP contribution >= 0.6 is 0 Å². The van der Waals surface area contributed by atoms with Crippen molar-refractivity contribution in [3.05, 3.63) is 209 Å². The topological polar surface area (TPSA) is 6.48 Å². The maximum Gasteiger partial charge on any atom is 0.252 e. The standard InChI is InChI=1S/C58H49BN2/c1-36-31-53-55-54(32-36)61(39-18-16-17-37(33-39)56(2,3)4)52-34-38(57(5,6)7)27-30-50(52)59(55)49-25-14-15-26-51(49)60(53)40-28-29-48-44(35-40)43-21-10-13-24-47(43)58(48)45-22-11-8-19-41(45)42-20-9-12-23-46(42)58/h8-35H,1-7H3. The lowest BCUT2D eigenvalue weighted by atomic mass is 9.33. The van der Waals surface area contributed by atoms with Crippen molar-refractivity contribution in [1.29, 1.82) is 0 Å². The van der Waals surface area contributed by atoms with E-state index in [0.717, 1.165) is 0 Å². The van der Waals surface area contributed by atoms with Gasteiger partial charge >= 0.3 is 0 Å². The van der Waals surface area contributed by atoms with Crippen LogP contribution in [0.3, 0.4) is 0 Å². The number of benzene rings is 8. The van der Waals surface area contributed by atoms with Gasteiger partial charge in [-0.1, -0.05) is 163 Å². The van der Waals surface area contributed by atoms with Gasteiger partial charge in [0.2, 0.25) is 0 Å². The Balaban J connectivity index is 1.12. The highest BCUT2D eigenvalue weighted by Gasteiger charge is 2.52. The third-order valence-electron chi connectivity index (χ3n) is 14.2. The fourth-order valence-corrected chi connectivity index (χ4v) is 11.4. The fourth-order valence-electron chi connectivity index (χ4n) is 11.4. The Morgan fingerprint density at radius 2 is 0.902 bits per heavy atom. The minimum absolute atomic E-state index is 0.000687. The number of nitrogens with zero attached hydrogens (tertiary/aromatic N) is 2. The Morgan fingerprint density at radius 1 is 0.393 bits per heavy atom. The molecule has 0 amide bonds. The second-order valence-electron chi connectivity index (χ2n) is 19.8. The molecule has 0 saturated heterocycles. The van der Waals surface area contributed by atoms with Crippen LogP contribution in [0, 0.1) is 6.92 Å². The van der Waals surface area contributed by atoms with Crippen LogP contribution in [0.1, 0.15) is 80.5 Å². The van der Waals surface area contributed by atoms with Crippen LogP contribution in [-0.4, -0.2) is 6.71 Å². The SMILES string of the molecule is Cc1cc2c3c(c1)N(c1cccc(C(C)(C)C)c1)c1cc(C(C)(C)C)ccc1B3c1ccccc1N2c1ccc2c(c1)-c1ccccc1C21c2ccccc2-c2ccccc21. The number of fused-ring (bicyclic) bond motifs is 14. The molecule has 8 aromatic carbocycles. The molecule has 0 fully saturated rings. The first-order chi connectivity index (χ1) is 29.4. The summed E-state index contributed by atoms with van der Waals surface area (Å²) in [5, 5.41) is 0. The molecule has 294 valence electrons. The Kier molecular flexibility index (Phi) is 7.43. The molecule has 1 spiro atoms.